The third-order valence-electron chi connectivity index (χ3n) is 4.43. The molecule has 0 aliphatic carbocycles. The highest BCUT2D eigenvalue weighted by Crippen LogP contribution is 2.21. The zero-order valence-corrected chi connectivity index (χ0v) is 15.9. The maximum Gasteiger partial charge on any atom is 0.413 e. The van der Waals surface area contributed by atoms with E-state index >= 15 is 0 Å². The Kier molecular flexibility index (Phi) is 6.04. The lowest BCUT2D eigenvalue weighted by molar-refractivity contribution is -0.133. The fourth-order valence-corrected chi connectivity index (χ4v) is 2.57. The monoisotopic (exact) mass is 376 g/mol. The van der Waals surface area contributed by atoms with Crippen LogP contribution in [0.5, 0.6) is 0 Å². The number of amides is 5. The highest BCUT2D eigenvalue weighted by Gasteiger charge is 2.46. The van der Waals surface area contributed by atoms with E-state index in [9.17, 15) is 19.2 Å². The largest absolute Gasteiger partial charge is 0.449 e. The minimum Gasteiger partial charge on any atom is -0.449 e. The number of benzene rings is 1. The van der Waals surface area contributed by atoms with Crippen molar-refractivity contribution >= 4 is 35.3 Å². The molecular weight excluding hydrogens is 352 g/mol. The van der Waals surface area contributed by atoms with E-state index in [1.807, 2.05) is 0 Å². The lowest BCUT2D eigenvalue weighted by atomic mass is 9.99. The van der Waals surface area contributed by atoms with E-state index in [2.05, 4.69) is 10.6 Å². The van der Waals surface area contributed by atoms with E-state index in [1.165, 1.54) is 4.90 Å². The third kappa shape index (κ3) is 4.36. The maximum atomic E-state index is 12.3. The zero-order chi connectivity index (χ0) is 20.2. The summed E-state index contributed by atoms with van der Waals surface area (Å²) in [5.74, 6) is -0.915. The second-order valence-corrected chi connectivity index (χ2v) is 6.36. The Bertz CT molecular complexity index is 749. The summed E-state index contributed by atoms with van der Waals surface area (Å²) < 4.78 is 4.92. The van der Waals surface area contributed by atoms with Crippen molar-refractivity contribution in [2.75, 3.05) is 30.4 Å². The van der Waals surface area contributed by atoms with E-state index in [0.29, 0.717) is 17.8 Å². The molecule has 1 saturated heterocycles. The molecule has 27 heavy (non-hydrogen) atoms. The van der Waals surface area contributed by atoms with Crippen LogP contribution in [0.4, 0.5) is 21.0 Å². The van der Waals surface area contributed by atoms with Crippen LogP contribution in [0, 0.1) is 0 Å². The summed E-state index contributed by atoms with van der Waals surface area (Å²) in [6.45, 7) is 5.04. The van der Waals surface area contributed by atoms with Crippen molar-refractivity contribution in [2.45, 2.75) is 32.7 Å². The molecule has 1 aromatic rings. The second kappa shape index (κ2) is 8.07. The number of hydrogen-bond acceptors (Lipinski definition) is 5. The molecule has 1 unspecified atom stereocenters. The summed E-state index contributed by atoms with van der Waals surface area (Å²) in [7, 11) is 1.58. The average molecular weight is 376 g/mol. The lowest BCUT2D eigenvalue weighted by Gasteiger charge is -2.19. The number of imide groups is 1. The minimum atomic E-state index is -0.976. The molecule has 1 aromatic carbocycles. The molecule has 2 rings (SSSR count). The molecule has 1 atom stereocenters. The first-order valence-electron chi connectivity index (χ1n) is 8.66. The van der Waals surface area contributed by atoms with Crippen molar-refractivity contribution < 1.29 is 23.9 Å². The number of nitrogens with one attached hydrogen (secondary N) is 2. The smallest absolute Gasteiger partial charge is 0.413 e. The molecular formula is C18H24N4O5. The van der Waals surface area contributed by atoms with Crippen LogP contribution in [-0.4, -0.2) is 54.6 Å². The fourth-order valence-electron chi connectivity index (χ4n) is 2.57. The fraction of sp³-hybridized carbons (Fsp3) is 0.444. The Morgan fingerprint density at radius 2 is 1.85 bits per heavy atom. The van der Waals surface area contributed by atoms with E-state index in [-0.39, 0.29) is 13.2 Å². The van der Waals surface area contributed by atoms with Crippen molar-refractivity contribution in [3.63, 3.8) is 0 Å². The molecule has 2 N–H and O–H groups in total. The number of nitrogens with zero attached hydrogens (tertiary/aromatic N) is 2. The number of hydrogen-bond donors (Lipinski definition) is 2. The summed E-state index contributed by atoms with van der Waals surface area (Å²) in [6, 6.07) is 5.95. The van der Waals surface area contributed by atoms with Gasteiger partial charge < -0.3 is 15.4 Å². The van der Waals surface area contributed by atoms with Crippen molar-refractivity contribution in [1.29, 1.82) is 0 Å². The summed E-state index contributed by atoms with van der Waals surface area (Å²) in [6.07, 6.45) is -0.0441. The normalized spacial score (nSPS) is 18.9. The Morgan fingerprint density at radius 3 is 2.37 bits per heavy atom. The Hall–Kier alpha value is -3.10. The molecule has 0 saturated carbocycles. The van der Waals surface area contributed by atoms with E-state index in [4.69, 9.17) is 4.74 Å². The predicted octanol–water partition coefficient (Wildman–Crippen LogP) is 1.94. The van der Waals surface area contributed by atoms with E-state index in [0.717, 1.165) is 4.90 Å². The Balaban J connectivity index is 1.97. The first kappa shape index (κ1) is 20.2. The van der Waals surface area contributed by atoms with Crippen molar-refractivity contribution in [3.05, 3.63) is 24.3 Å². The summed E-state index contributed by atoms with van der Waals surface area (Å²) in [4.78, 5) is 50.4. The standard InChI is InChI=1S/C18H24N4O5/c1-5-18(3)15(24)22(16(25)20-18)11-14(23)19-12-7-9-13(10-8-12)21(4)17(26)27-6-2/h7-10H,5-6,11H2,1-4H3,(H,19,23)(H,20,25). The third-order valence-corrected chi connectivity index (χ3v) is 4.43. The van der Waals surface area contributed by atoms with Crippen molar-refractivity contribution in [3.8, 4) is 0 Å². The number of ether oxygens (including phenoxy) is 1. The van der Waals surface area contributed by atoms with E-state index < -0.39 is 29.5 Å². The minimum absolute atomic E-state index is 0.275. The molecule has 0 spiro atoms. The molecule has 1 heterocycles. The quantitative estimate of drug-likeness (QED) is 0.738. The molecule has 146 valence electrons. The topological polar surface area (TPSA) is 108 Å². The molecule has 0 aromatic heterocycles. The van der Waals surface area contributed by atoms with Gasteiger partial charge in [-0.1, -0.05) is 6.92 Å². The highest BCUT2D eigenvalue weighted by molar-refractivity contribution is 6.09. The highest BCUT2D eigenvalue weighted by atomic mass is 16.6. The van der Waals surface area contributed by atoms with Crippen LogP contribution < -0.4 is 15.5 Å². The zero-order valence-electron chi connectivity index (χ0n) is 15.9. The van der Waals surface area contributed by atoms with Crippen LogP contribution in [0.3, 0.4) is 0 Å². The molecule has 5 amide bonds. The number of rotatable bonds is 6. The van der Waals surface area contributed by atoms with Crippen molar-refractivity contribution in [2.24, 2.45) is 0 Å². The van der Waals surface area contributed by atoms with Crippen LogP contribution in [0.15, 0.2) is 24.3 Å². The average Bonchev–Trinajstić information content (AvgIpc) is 2.85. The van der Waals surface area contributed by atoms with Crippen LogP contribution in [-0.2, 0) is 14.3 Å². The van der Waals surface area contributed by atoms with E-state index in [1.54, 1.807) is 52.1 Å². The Morgan fingerprint density at radius 1 is 1.22 bits per heavy atom. The van der Waals surface area contributed by atoms with Gasteiger partial charge in [-0.15, -0.1) is 0 Å². The van der Waals surface area contributed by atoms with Crippen LogP contribution in [0.1, 0.15) is 27.2 Å². The van der Waals surface area contributed by atoms with Gasteiger partial charge in [0.05, 0.1) is 6.61 Å². The molecule has 1 aliphatic heterocycles. The molecule has 0 radical (unpaired) electrons. The second-order valence-electron chi connectivity index (χ2n) is 6.36. The SMILES string of the molecule is CCOC(=O)N(C)c1ccc(NC(=O)CN2C(=O)NC(C)(CC)C2=O)cc1. The van der Waals surface area contributed by atoms with Gasteiger partial charge in [0, 0.05) is 18.4 Å². The Labute approximate surface area is 157 Å². The summed E-state index contributed by atoms with van der Waals surface area (Å²) in [5.41, 5.74) is 0.0991. The number of carbonyl (C=O) groups is 4. The summed E-state index contributed by atoms with van der Waals surface area (Å²) >= 11 is 0. The number of carbonyl (C=O) groups excluding carboxylic acids is 4. The van der Waals surface area contributed by atoms with Crippen LogP contribution in [0.25, 0.3) is 0 Å². The van der Waals surface area contributed by atoms with Crippen LogP contribution in [0.2, 0.25) is 0 Å². The first-order valence-corrected chi connectivity index (χ1v) is 8.66. The molecule has 9 heteroatoms. The predicted molar refractivity (Wildman–Crippen MR) is 99.4 cm³/mol. The number of anilines is 2. The van der Waals surface area contributed by atoms with Gasteiger partial charge in [-0.3, -0.25) is 19.4 Å². The number of urea groups is 1. The first-order chi connectivity index (χ1) is 12.7. The van der Waals surface area contributed by atoms with Gasteiger partial charge in [-0.05, 0) is 44.5 Å². The molecule has 0 bridgehead atoms. The van der Waals surface area contributed by atoms with Gasteiger partial charge in [0.15, 0.2) is 0 Å². The molecule has 1 fully saturated rings. The van der Waals surface area contributed by atoms with Crippen molar-refractivity contribution in [1.82, 2.24) is 10.2 Å². The summed E-state index contributed by atoms with van der Waals surface area (Å²) in [5, 5.41) is 5.23. The van der Waals surface area contributed by atoms with Crippen LogP contribution >= 0.6 is 0 Å². The van der Waals surface area contributed by atoms with Gasteiger partial charge in [0.25, 0.3) is 5.91 Å². The van der Waals surface area contributed by atoms with Gasteiger partial charge in [0.2, 0.25) is 5.91 Å². The lowest BCUT2D eigenvalue weighted by Crippen LogP contribution is -2.44. The van der Waals surface area contributed by atoms with Gasteiger partial charge in [-0.25, -0.2) is 9.59 Å². The molecule has 1 aliphatic rings. The molecule has 9 nitrogen and oxygen atoms in total. The van der Waals surface area contributed by atoms with Gasteiger partial charge in [-0.2, -0.15) is 0 Å². The maximum absolute atomic E-state index is 12.3. The van der Waals surface area contributed by atoms with Gasteiger partial charge >= 0.3 is 12.1 Å². The van der Waals surface area contributed by atoms with Gasteiger partial charge in [0.1, 0.15) is 12.1 Å².